The van der Waals surface area contributed by atoms with Crippen LogP contribution < -0.4 is 5.32 Å². The molecule has 25 heavy (non-hydrogen) atoms. The van der Waals surface area contributed by atoms with Gasteiger partial charge < -0.3 is 5.32 Å². The molecule has 0 unspecified atom stereocenters. The van der Waals surface area contributed by atoms with E-state index in [0.29, 0.717) is 26.8 Å². The number of hydrogen-bond acceptors (Lipinski definition) is 5. The van der Waals surface area contributed by atoms with Crippen molar-refractivity contribution in [1.82, 2.24) is 9.88 Å². The molecule has 1 N–H and O–H groups in total. The summed E-state index contributed by atoms with van der Waals surface area (Å²) >= 11 is 7.34. The number of anilines is 1. The van der Waals surface area contributed by atoms with Crippen LogP contribution in [-0.4, -0.2) is 34.2 Å². The number of amides is 3. The Morgan fingerprint density at radius 1 is 1.08 bits per heavy atom. The fourth-order valence-corrected chi connectivity index (χ4v) is 3.84. The van der Waals surface area contributed by atoms with Gasteiger partial charge in [0.15, 0.2) is 5.13 Å². The van der Waals surface area contributed by atoms with Crippen LogP contribution in [0.5, 0.6) is 0 Å². The van der Waals surface area contributed by atoms with Gasteiger partial charge in [0.25, 0.3) is 11.8 Å². The van der Waals surface area contributed by atoms with Gasteiger partial charge in [-0.05, 0) is 24.3 Å². The summed E-state index contributed by atoms with van der Waals surface area (Å²) in [6, 6.07) is 11.9. The number of benzene rings is 2. The van der Waals surface area contributed by atoms with Crippen molar-refractivity contribution >= 4 is 56.0 Å². The van der Waals surface area contributed by atoms with Crippen LogP contribution in [0.4, 0.5) is 5.13 Å². The molecule has 1 aliphatic rings. The second-order valence-electron chi connectivity index (χ2n) is 5.40. The van der Waals surface area contributed by atoms with Crippen LogP contribution in [0.3, 0.4) is 0 Å². The Hall–Kier alpha value is -2.77. The molecule has 0 saturated carbocycles. The Morgan fingerprint density at radius 2 is 1.76 bits per heavy atom. The zero-order chi connectivity index (χ0) is 17.6. The number of nitrogens with zero attached hydrogens (tertiary/aromatic N) is 2. The first-order valence-electron chi connectivity index (χ1n) is 7.35. The van der Waals surface area contributed by atoms with E-state index < -0.39 is 17.7 Å². The Bertz CT molecular complexity index is 1010. The lowest BCUT2D eigenvalue weighted by Gasteiger charge is -2.12. The first-order chi connectivity index (χ1) is 12.0. The van der Waals surface area contributed by atoms with Crippen LogP contribution in [0.2, 0.25) is 5.02 Å². The third-order valence-electron chi connectivity index (χ3n) is 3.80. The van der Waals surface area contributed by atoms with Crippen LogP contribution in [0.1, 0.15) is 20.7 Å². The quantitative estimate of drug-likeness (QED) is 0.717. The molecule has 2 aromatic carbocycles. The van der Waals surface area contributed by atoms with Gasteiger partial charge in [-0.25, -0.2) is 4.98 Å². The molecule has 0 aliphatic carbocycles. The molecule has 2 heterocycles. The van der Waals surface area contributed by atoms with E-state index in [1.807, 2.05) is 6.07 Å². The highest BCUT2D eigenvalue weighted by Crippen LogP contribution is 2.30. The third-order valence-corrected chi connectivity index (χ3v) is 5.04. The minimum atomic E-state index is -0.496. The van der Waals surface area contributed by atoms with Crippen molar-refractivity contribution in [2.75, 3.05) is 11.9 Å². The highest BCUT2D eigenvalue weighted by molar-refractivity contribution is 7.22. The Balaban J connectivity index is 1.52. The van der Waals surface area contributed by atoms with Gasteiger partial charge in [0.2, 0.25) is 5.91 Å². The monoisotopic (exact) mass is 371 g/mol. The maximum absolute atomic E-state index is 12.3. The summed E-state index contributed by atoms with van der Waals surface area (Å²) in [5.41, 5.74) is 1.23. The molecule has 0 atom stereocenters. The summed E-state index contributed by atoms with van der Waals surface area (Å²) in [7, 11) is 0. The predicted molar refractivity (Wildman–Crippen MR) is 95.1 cm³/mol. The maximum Gasteiger partial charge on any atom is 0.262 e. The highest BCUT2D eigenvalue weighted by atomic mass is 35.5. The van der Waals surface area contributed by atoms with E-state index >= 15 is 0 Å². The van der Waals surface area contributed by atoms with Gasteiger partial charge in [-0.2, -0.15) is 0 Å². The number of halogens is 1. The van der Waals surface area contributed by atoms with Crippen LogP contribution in [-0.2, 0) is 4.79 Å². The molecule has 3 aromatic rings. The van der Waals surface area contributed by atoms with Crippen molar-refractivity contribution in [3.05, 3.63) is 58.6 Å². The first kappa shape index (κ1) is 15.7. The molecule has 8 heteroatoms. The number of carbonyl (C=O) groups excluding carboxylic acids is 3. The van der Waals surface area contributed by atoms with Crippen LogP contribution in [0.15, 0.2) is 42.5 Å². The summed E-state index contributed by atoms with van der Waals surface area (Å²) in [5.74, 6) is -1.43. The Morgan fingerprint density at radius 3 is 2.40 bits per heavy atom. The molecule has 0 spiro atoms. The van der Waals surface area contributed by atoms with Crippen LogP contribution >= 0.6 is 22.9 Å². The van der Waals surface area contributed by atoms with Gasteiger partial charge in [0.05, 0.1) is 20.8 Å². The summed E-state index contributed by atoms with van der Waals surface area (Å²) in [5, 5.41) is 3.48. The second-order valence-corrected chi connectivity index (χ2v) is 6.83. The van der Waals surface area contributed by atoms with E-state index in [0.717, 1.165) is 9.60 Å². The lowest BCUT2D eigenvalue weighted by Crippen LogP contribution is -2.37. The number of aromatic nitrogens is 1. The normalized spacial score (nSPS) is 13.4. The number of carbonyl (C=O) groups is 3. The van der Waals surface area contributed by atoms with E-state index in [1.54, 1.807) is 36.4 Å². The van der Waals surface area contributed by atoms with E-state index in [4.69, 9.17) is 11.6 Å². The van der Waals surface area contributed by atoms with Gasteiger partial charge >= 0.3 is 0 Å². The number of imide groups is 1. The van der Waals surface area contributed by atoms with Gasteiger partial charge in [-0.15, -0.1) is 0 Å². The molecular formula is C17H10ClN3O3S. The standard InChI is InChI=1S/C17H10ClN3O3S/c18-11-6-3-7-12-14(11)20-17(25-12)19-13(22)8-21-15(23)9-4-1-2-5-10(9)16(21)24/h1-7H,8H2,(H,19,20,22). The lowest BCUT2D eigenvalue weighted by molar-refractivity contribution is -0.116. The third kappa shape index (κ3) is 2.67. The number of rotatable bonds is 3. The lowest BCUT2D eigenvalue weighted by atomic mass is 10.1. The molecule has 6 nitrogen and oxygen atoms in total. The maximum atomic E-state index is 12.3. The van der Waals surface area contributed by atoms with E-state index in [-0.39, 0.29) is 6.54 Å². The summed E-state index contributed by atoms with van der Waals surface area (Å²) < 4.78 is 0.837. The molecule has 124 valence electrons. The smallest absolute Gasteiger partial charge is 0.262 e. The Kier molecular flexibility index (Phi) is 3.74. The molecular weight excluding hydrogens is 362 g/mol. The number of hydrogen-bond donors (Lipinski definition) is 1. The fraction of sp³-hybridized carbons (Fsp3) is 0.0588. The van der Waals surface area contributed by atoms with Gasteiger partial charge in [-0.3, -0.25) is 19.3 Å². The summed E-state index contributed by atoms with van der Waals surface area (Å²) in [6.07, 6.45) is 0. The fourth-order valence-electron chi connectivity index (χ4n) is 2.65. The first-order valence-corrected chi connectivity index (χ1v) is 8.54. The topological polar surface area (TPSA) is 79.4 Å². The van der Waals surface area contributed by atoms with Crippen LogP contribution in [0.25, 0.3) is 10.2 Å². The minimum Gasteiger partial charge on any atom is -0.300 e. The summed E-state index contributed by atoms with van der Waals surface area (Å²) in [6.45, 7) is -0.365. The number of fused-ring (bicyclic) bond motifs is 2. The number of thiazole rings is 1. The molecule has 0 saturated heterocycles. The van der Waals surface area contributed by atoms with Gasteiger partial charge in [0.1, 0.15) is 12.1 Å². The molecule has 0 bridgehead atoms. The number of para-hydroxylation sites is 1. The second kappa shape index (κ2) is 5.94. The highest BCUT2D eigenvalue weighted by Gasteiger charge is 2.36. The Labute approximate surface area is 151 Å². The largest absolute Gasteiger partial charge is 0.300 e. The zero-order valence-corrected chi connectivity index (χ0v) is 14.2. The van der Waals surface area contributed by atoms with E-state index in [9.17, 15) is 14.4 Å². The average Bonchev–Trinajstić information content (AvgIpc) is 3.11. The van der Waals surface area contributed by atoms with Crippen molar-refractivity contribution < 1.29 is 14.4 Å². The number of nitrogens with one attached hydrogen (secondary N) is 1. The van der Waals surface area contributed by atoms with Crippen molar-refractivity contribution in [3.8, 4) is 0 Å². The van der Waals surface area contributed by atoms with Gasteiger partial charge in [0, 0.05) is 0 Å². The van der Waals surface area contributed by atoms with E-state index in [2.05, 4.69) is 10.3 Å². The SMILES string of the molecule is O=C(CN1C(=O)c2ccccc2C1=O)Nc1nc2c(Cl)cccc2s1. The molecule has 4 rings (SSSR count). The van der Waals surface area contributed by atoms with E-state index in [1.165, 1.54) is 11.3 Å². The summed E-state index contributed by atoms with van der Waals surface area (Å²) in [4.78, 5) is 42.0. The van der Waals surface area contributed by atoms with Crippen molar-refractivity contribution in [1.29, 1.82) is 0 Å². The van der Waals surface area contributed by atoms with Gasteiger partial charge in [-0.1, -0.05) is 41.1 Å². The van der Waals surface area contributed by atoms with Crippen molar-refractivity contribution in [2.24, 2.45) is 0 Å². The average molecular weight is 372 g/mol. The predicted octanol–water partition coefficient (Wildman–Crippen LogP) is 3.18. The zero-order valence-electron chi connectivity index (χ0n) is 12.7. The van der Waals surface area contributed by atoms with Crippen molar-refractivity contribution in [2.45, 2.75) is 0 Å². The molecule has 1 aliphatic heterocycles. The minimum absolute atomic E-state index is 0.312. The molecule has 0 fully saturated rings. The van der Waals surface area contributed by atoms with Crippen LogP contribution in [0, 0.1) is 0 Å². The van der Waals surface area contributed by atoms with Crippen molar-refractivity contribution in [3.63, 3.8) is 0 Å². The molecule has 1 aromatic heterocycles. The molecule has 3 amide bonds. The molecule has 0 radical (unpaired) electrons.